The zero-order valence-electron chi connectivity index (χ0n) is 13.9. The monoisotopic (exact) mass is 340 g/mol. The number of carbonyl (C=O) groups is 2. The number of amides is 1. The largest absolute Gasteiger partial charge is 0.464 e. The molecule has 0 unspecified atom stereocenters. The van der Waals surface area contributed by atoms with Crippen LogP contribution in [0.5, 0.6) is 0 Å². The molecule has 1 N–H and O–H groups in total. The summed E-state index contributed by atoms with van der Waals surface area (Å²) in [5.41, 5.74) is 2.27. The van der Waals surface area contributed by atoms with Crippen molar-refractivity contribution in [3.05, 3.63) is 41.7 Å². The average Bonchev–Trinajstić information content (AvgIpc) is 3.37. The van der Waals surface area contributed by atoms with Crippen LogP contribution in [0.15, 0.2) is 30.5 Å². The maximum atomic E-state index is 12.4. The lowest BCUT2D eigenvalue weighted by Crippen LogP contribution is -2.37. The normalized spacial score (nSPS) is 20.6. The van der Waals surface area contributed by atoms with Crippen molar-refractivity contribution in [3.8, 4) is 5.69 Å². The van der Waals surface area contributed by atoms with E-state index in [1.807, 2.05) is 12.3 Å². The lowest BCUT2D eigenvalue weighted by Gasteiger charge is -2.09. The first-order valence-corrected chi connectivity index (χ1v) is 8.71. The van der Waals surface area contributed by atoms with E-state index < -0.39 is 6.04 Å². The van der Waals surface area contributed by atoms with Crippen molar-refractivity contribution in [1.29, 1.82) is 0 Å². The molecule has 1 aromatic heterocycles. The number of hydrogen-bond donors (Lipinski definition) is 1. The number of aromatic nitrogens is 3. The molecule has 1 atom stereocenters. The number of carbonyl (C=O) groups excluding carboxylic acids is 2. The van der Waals surface area contributed by atoms with E-state index in [2.05, 4.69) is 15.6 Å². The second kappa shape index (κ2) is 6.66. The molecule has 0 bridgehead atoms. The minimum Gasteiger partial charge on any atom is -0.464 e. The number of nitrogens with one attached hydrogen (secondary N) is 1. The number of hydrogen-bond acceptors (Lipinski definition) is 5. The van der Waals surface area contributed by atoms with Crippen LogP contribution < -0.4 is 5.32 Å². The molecule has 2 heterocycles. The summed E-state index contributed by atoms with van der Waals surface area (Å²) >= 11 is 0. The van der Waals surface area contributed by atoms with Crippen LogP contribution in [0.3, 0.4) is 0 Å². The third-order valence-corrected chi connectivity index (χ3v) is 4.90. The fourth-order valence-corrected chi connectivity index (χ4v) is 3.47. The molecule has 25 heavy (non-hydrogen) atoms. The summed E-state index contributed by atoms with van der Waals surface area (Å²) < 4.78 is 6.57. The summed E-state index contributed by atoms with van der Waals surface area (Å²) in [6.45, 7) is 0.354. The molecule has 2 aromatic rings. The SMILES string of the molecule is O=C(N[C@H]1CCOC1=O)c1cccc(-n2cc(C3CCCC3)nn2)c1. The number of esters is 1. The summed E-state index contributed by atoms with van der Waals surface area (Å²) in [4.78, 5) is 23.9. The summed E-state index contributed by atoms with van der Waals surface area (Å²) in [6.07, 6.45) is 7.28. The molecule has 1 saturated carbocycles. The fraction of sp³-hybridized carbons (Fsp3) is 0.444. The summed E-state index contributed by atoms with van der Waals surface area (Å²) in [5, 5.41) is 11.2. The van der Waals surface area contributed by atoms with Crippen LogP contribution in [0.25, 0.3) is 5.69 Å². The van der Waals surface area contributed by atoms with Crippen molar-refractivity contribution in [1.82, 2.24) is 20.3 Å². The highest BCUT2D eigenvalue weighted by Crippen LogP contribution is 2.32. The Balaban J connectivity index is 1.51. The molecule has 4 rings (SSSR count). The quantitative estimate of drug-likeness (QED) is 0.860. The van der Waals surface area contributed by atoms with Crippen LogP contribution in [0.1, 0.15) is 54.1 Å². The van der Waals surface area contributed by atoms with Gasteiger partial charge >= 0.3 is 5.97 Å². The molecule has 130 valence electrons. The van der Waals surface area contributed by atoms with Crippen molar-refractivity contribution in [2.24, 2.45) is 0 Å². The topological polar surface area (TPSA) is 86.1 Å². The Hall–Kier alpha value is -2.70. The van der Waals surface area contributed by atoms with Gasteiger partial charge in [-0.2, -0.15) is 0 Å². The maximum absolute atomic E-state index is 12.4. The van der Waals surface area contributed by atoms with Gasteiger partial charge in [0.05, 0.1) is 24.2 Å². The van der Waals surface area contributed by atoms with Gasteiger partial charge < -0.3 is 10.1 Å². The standard InChI is InChI=1S/C18H20N4O3/c23-17(19-15-8-9-25-18(15)24)13-6-3-7-14(10-13)22-11-16(20-21-22)12-4-1-2-5-12/h3,6-7,10-12,15H,1-2,4-5,8-9H2,(H,19,23)/t15-/m0/s1. The number of rotatable bonds is 4. The van der Waals surface area contributed by atoms with Crippen molar-refractivity contribution < 1.29 is 14.3 Å². The lowest BCUT2D eigenvalue weighted by molar-refractivity contribution is -0.139. The molecular weight excluding hydrogens is 320 g/mol. The fourth-order valence-electron chi connectivity index (χ4n) is 3.47. The van der Waals surface area contributed by atoms with E-state index in [1.54, 1.807) is 22.9 Å². The molecule has 1 aliphatic heterocycles. The van der Waals surface area contributed by atoms with Gasteiger partial charge in [0.1, 0.15) is 6.04 Å². The van der Waals surface area contributed by atoms with E-state index in [-0.39, 0.29) is 11.9 Å². The van der Waals surface area contributed by atoms with Crippen LogP contribution in [0, 0.1) is 0 Å². The zero-order chi connectivity index (χ0) is 17.2. The molecule has 2 aliphatic rings. The van der Waals surface area contributed by atoms with E-state index >= 15 is 0 Å². The first-order valence-electron chi connectivity index (χ1n) is 8.71. The summed E-state index contributed by atoms with van der Waals surface area (Å²) in [5.74, 6) is -0.169. The third-order valence-electron chi connectivity index (χ3n) is 4.90. The molecule has 7 nitrogen and oxygen atoms in total. The predicted molar refractivity (Wildman–Crippen MR) is 89.4 cm³/mol. The highest BCUT2D eigenvalue weighted by Gasteiger charge is 2.28. The Labute approximate surface area is 145 Å². The Morgan fingerprint density at radius 3 is 2.84 bits per heavy atom. The van der Waals surface area contributed by atoms with Crippen LogP contribution in [-0.2, 0) is 9.53 Å². The second-order valence-electron chi connectivity index (χ2n) is 6.60. The van der Waals surface area contributed by atoms with E-state index in [4.69, 9.17) is 4.74 Å². The van der Waals surface area contributed by atoms with Gasteiger partial charge in [-0.05, 0) is 31.0 Å². The van der Waals surface area contributed by atoms with Gasteiger partial charge in [-0.3, -0.25) is 4.79 Å². The predicted octanol–water partition coefficient (Wildman–Crippen LogP) is 1.97. The molecule has 7 heteroatoms. The Kier molecular flexibility index (Phi) is 4.21. The lowest BCUT2D eigenvalue weighted by atomic mass is 10.1. The Bertz CT molecular complexity index is 795. The van der Waals surface area contributed by atoms with Gasteiger partial charge in [0, 0.05) is 17.9 Å². The van der Waals surface area contributed by atoms with E-state index in [0.29, 0.717) is 24.5 Å². The second-order valence-corrected chi connectivity index (χ2v) is 6.60. The van der Waals surface area contributed by atoms with E-state index in [9.17, 15) is 9.59 Å². The summed E-state index contributed by atoms with van der Waals surface area (Å²) in [7, 11) is 0. The Morgan fingerprint density at radius 2 is 2.08 bits per heavy atom. The van der Waals surface area contributed by atoms with Crippen LogP contribution in [0.4, 0.5) is 0 Å². The van der Waals surface area contributed by atoms with Crippen molar-refractivity contribution in [2.45, 2.75) is 44.1 Å². The highest BCUT2D eigenvalue weighted by atomic mass is 16.5. The van der Waals surface area contributed by atoms with E-state index in [0.717, 1.165) is 11.4 Å². The molecule has 1 saturated heterocycles. The smallest absolute Gasteiger partial charge is 0.328 e. The van der Waals surface area contributed by atoms with Gasteiger partial charge in [0.25, 0.3) is 5.91 Å². The van der Waals surface area contributed by atoms with Gasteiger partial charge in [-0.15, -0.1) is 5.10 Å². The van der Waals surface area contributed by atoms with E-state index in [1.165, 1.54) is 25.7 Å². The molecule has 1 amide bonds. The van der Waals surface area contributed by atoms with Gasteiger partial charge in [-0.25, -0.2) is 9.48 Å². The van der Waals surface area contributed by atoms with Crippen LogP contribution >= 0.6 is 0 Å². The summed E-state index contributed by atoms with van der Waals surface area (Å²) in [6, 6.07) is 6.59. The maximum Gasteiger partial charge on any atom is 0.328 e. The number of ether oxygens (including phenoxy) is 1. The first kappa shape index (κ1) is 15.8. The van der Waals surface area contributed by atoms with Crippen molar-refractivity contribution >= 4 is 11.9 Å². The molecule has 0 radical (unpaired) electrons. The Morgan fingerprint density at radius 1 is 1.24 bits per heavy atom. The van der Waals surface area contributed by atoms with Gasteiger partial charge in [0.15, 0.2) is 0 Å². The minimum atomic E-state index is -0.559. The molecule has 2 fully saturated rings. The van der Waals surface area contributed by atoms with Crippen molar-refractivity contribution in [2.75, 3.05) is 6.61 Å². The number of nitrogens with zero attached hydrogens (tertiary/aromatic N) is 3. The van der Waals surface area contributed by atoms with Crippen molar-refractivity contribution in [3.63, 3.8) is 0 Å². The number of benzene rings is 1. The average molecular weight is 340 g/mol. The highest BCUT2D eigenvalue weighted by molar-refractivity contribution is 5.97. The third kappa shape index (κ3) is 3.26. The van der Waals surface area contributed by atoms with Crippen LogP contribution in [-0.4, -0.2) is 39.5 Å². The minimum absolute atomic E-state index is 0.290. The van der Waals surface area contributed by atoms with Gasteiger partial charge in [-0.1, -0.05) is 24.1 Å². The molecular formula is C18H20N4O3. The first-order chi connectivity index (χ1) is 12.2. The zero-order valence-corrected chi connectivity index (χ0v) is 13.9. The molecule has 1 aromatic carbocycles. The van der Waals surface area contributed by atoms with Crippen LogP contribution in [0.2, 0.25) is 0 Å². The number of cyclic esters (lactones) is 1. The molecule has 1 aliphatic carbocycles. The molecule has 0 spiro atoms. The van der Waals surface area contributed by atoms with Gasteiger partial charge in [0.2, 0.25) is 0 Å².